The number of thiazole rings is 1. The zero-order chi connectivity index (χ0) is 15.1. The maximum atomic E-state index is 13.0. The van der Waals surface area contributed by atoms with Gasteiger partial charge in [0, 0.05) is 18.5 Å². The summed E-state index contributed by atoms with van der Waals surface area (Å²) in [4.78, 5) is 27.8. The Hall–Kier alpha value is -1.64. The van der Waals surface area contributed by atoms with E-state index < -0.39 is 36.4 Å². The predicted octanol–water partition coefficient (Wildman–Crippen LogP) is 1.93. The molecule has 1 aliphatic heterocycles. The van der Waals surface area contributed by atoms with E-state index in [1.807, 2.05) is 0 Å². The first-order valence-corrected chi connectivity index (χ1v) is 6.57. The Bertz CT molecular complexity index is 557. The van der Waals surface area contributed by atoms with Crippen LogP contribution in [0.15, 0.2) is 5.38 Å². The number of nitrogens with zero attached hydrogens (tertiary/aromatic N) is 2. The number of aliphatic carboxylic acids is 1. The van der Waals surface area contributed by atoms with Crippen molar-refractivity contribution in [2.45, 2.75) is 19.5 Å². The summed E-state index contributed by atoms with van der Waals surface area (Å²) in [6.07, 6.45) is -5.54. The van der Waals surface area contributed by atoms with Gasteiger partial charge in [0.05, 0.1) is 5.01 Å². The maximum absolute atomic E-state index is 13.0. The molecule has 5 nitrogen and oxygen atoms in total. The number of hydrogen-bond donors (Lipinski definition) is 1. The second kappa shape index (κ2) is 4.72. The number of carboxylic acid groups (broad SMARTS) is 1. The van der Waals surface area contributed by atoms with Gasteiger partial charge in [-0.25, -0.2) is 4.98 Å². The van der Waals surface area contributed by atoms with Crippen molar-refractivity contribution in [2.75, 3.05) is 13.1 Å². The van der Waals surface area contributed by atoms with E-state index in [1.54, 1.807) is 6.92 Å². The lowest BCUT2D eigenvalue weighted by Crippen LogP contribution is -2.47. The Morgan fingerprint density at radius 2 is 2.15 bits per heavy atom. The Kier molecular flexibility index (Phi) is 3.49. The summed E-state index contributed by atoms with van der Waals surface area (Å²) in [6.45, 7) is 0.547. The van der Waals surface area contributed by atoms with Crippen LogP contribution in [0.2, 0.25) is 0 Å². The first kappa shape index (κ1) is 14.8. The number of carbonyl (C=O) groups excluding carboxylic acids is 1. The van der Waals surface area contributed by atoms with Gasteiger partial charge in [0.1, 0.15) is 5.69 Å². The van der Waals surface area contributed by atoms with Crippen LogP contribution in [-0.4, -0.2) is 46.1 Å². The van der Waals surface area contributed by atoms with Crippen LogP contribution in [0.4, 0.5) is 13.2 Å². The molecule has 110 valence electrons. The number of hydrogen-bond acceptors (Lipinski definition) is 4. The highest BCUT2D eigenvalue weighted by atomic mass is 32.1. The molecule has 1 atom stereocenters. The number of halogens is 3. The topological polar surface area (TPSA) is 70.5 Å². The molecule has 0 bridgehead atoms. The summed E-state index contributed by atoms with van der Waals surface area (Å²) in [6, 6.07) is 0. The van der Waals surface area contributed by atoms with Crippen LogP contribution < -0.4 is 0 Å². The van der Waals surface area contributed by atoms with Gasteiger partial charge in [-0.1, -0.05) is 0 Å². The second-order valence-corrected chi connectivity index (χ2v) is 5.68. The third-order valence-electron chi connectivity index (χ3n) is 3.35. The first-order chi connectivity index (χ1) is 9.17. The molecular formula is C11H11F3N2O3S. The summed E-state index contributed by atoms with van der Waals surface area (Å²) < 4.78 is 38.9. The smallest absolute Gasteiger partial charge is 0.406 e. The van der Waals surface area contributed by atoms with Crippen LogP contribution in [0.5, 0.6) is 0 Å². The highest BCUT2D eigenvalue weighted by Crippen LogP contribution is 2.45. The summed E-state index contributed by atoms with van der Waals surface area (Å²) in [7, 11) is 0. The number of carbonyl (C=O) groups is 2. The van der Waals surface area contributed by atoms with E-state index in [-0.39, 0.29) is 12.2 Å². The van der Waals surface area contributed by atoms with Crippen LogP contribution >= 0.6 is 11.3 Å². The van der Waals surface area contributed by atoms with Crippen LogP contribution in [0, 0.1) is 12.3 Å². The van der Waals surface area contributed by atoms with Gasteiger partial charge in [-0.15, -0.1) is 11.3 Å². The van der Waals surface area contributed by atoms with Gasteiger partial charge in [-0.2, -0.15) is 13.2 Å². The van der Waals surface area contributed by atoms with Crippen molar-refractivity contribution in [2.24, 2.45) is 5.41 Å². The average Bonchev–Trinajstić information content (AvgIpc) is 2.93. The molecule has 1 aromatic heterocycles. The molecule has 9 heteroatoms. The largest absolute Gasteiger partial charge is 0.481 e. The van der Waals surface area contributed by atoms with Crippen LogP contribution in [0.1, 0.15) is 21.9 Å². The van der Waals surface area contributed by atoms with Gasteiger partial charge < -0.3 is 10.0 Å². The number of rotatable bonds is 2. The quantitative estimate of drug-likeness (QED) is 0.906. The van der Waals surface area contributed by atoms with Crippen molar-refractivity contribution in [3.8, 4) is 0 Å². The van der Waals surface area contributed by atoms with E-state index >= 15 is 0 Å². The minimum atomic E-state index is -4.90. The van der Waals surface area contributed by atoms with E-state index in [9.17, 15) is 22.8 Å². The van der Waals surface area contributed by atoms with Crippen molar-refractivity contribution >= 4 is 23.2 Å². The molecule has 0 saturated carbocycles. The van der Waals surface area contributed by atoms with E-state index in [0.717, 1.165) is 4.90 Å². The van der Waals surface area contributed by atoms with Gasteiger partial charge in [-0.3, -0.25) is 9.59 Å². The molecular weight excluding hydrogens is 297 g/mol. The number of aryl methyl sites for hydroxylation is 1. The Morgan fingerprint density at radius 3 is 2.55 bits per heavy atom. The number of aromatic nitrogens is 1. The first-order valence-electron chi connectivity index (χ1n) is 5.69. The van der Waals surface area contributed by atoms with Crippen molar-refractivity contribution in [1.29, 1.82) is 0 Å². The highest BCUT2D eigenvalue weighted by molar-refractivity contribution is 7.09. The minimum Gasteiger partial charge on any atom is -0.481 e. The van der Waals surface area contributed by atoms with E-state index in [4.69, 9.17) is 5.11 Å². The molecule has 0 spiro atoms. The van der Waals surface area contributed by atoms with Crippen LogP contribution in [0.3, 0.4) is 0 Å². The zero-order valence-electron chi connectivity index (χ0n) is 10.4. The Morgan fingerprint density at radius 1 is 1.50 bits per heavy atom. The third-order valence-corrected chi connectivity index (χ3v) is 4.12. The average molecular weight is 308 g/mol. The predicted molar refractivity (Wildman–Crippen MR) is 63.5 cm³/mol. The van der Waals surface area contributed by atoms with E-state index in [0.29, 0.717) is 5.01 Å². The summed E-state index contributed by atoms with van der Waals surface area (Å²) in [5.41, 5.74) is -2.83. The molecule has 1 amide bonds. The monoisotopic (exact) mass is 308 g/mol. The second-order valence-electron chi connectivity index (χ2n) is 4.61. The van der Waals surface area contributed by atoms with Crippen LogP contribution in [-0.2, 0) is 4.79 Å². The number of amides is 1. The molecule has 1 N–H and O–H groups in total. The molecule has 1 aliphatic rings. The summed E-state index contributed by atoms with van der Waals surface area (Å²) in [5, 5.41) is 11.0. The molecule has 0 aliphatic carbocycles. The molecule has 2 rings (SSSR count). The van der Waals surface area contributed by atoms with Gasteiger partial charge in [-0.05, 0) is 13.3 Å². The molecule has 2 heterocycles. The van der Waals surface area contributed by atoms with Crippen LogP contribution in [0.25, 0.3) is 0 Å². The van der Waals surface area contributed by atoms with E-state index in [1.165, 1.54) is 16.7 Å². The van der Waals surface area contributed by atoms with Gasteiger partial charge in [0.2, 0.25) is 0 Å². The van der Waals surface area contributed by atoms with Crippen molar-refractivity contribution in [1.82, 2.24) is 9.88 Å². The fraction of sp³-hybridized carbons (Fsp3) is 0.545. The minimum absolute atomic E-state index is 0.0517. The fourth-order valence-electron chi connectivity index (χ4n) is 2.13. The highest BCUT2D eigenvalue weighted by Gasteiger charge is 2.64. The van der Waals surface area contributed by atoms with Gasteiger partial charge in [0.25, 0.3) is 5.91 Å². The normalized spacial score (nSPS) is 23.1. The molecule has 20 heavy (non-hydrogen) atoms. The van der Waals surface area contributed by atoms with E-state index in [2.05, 4.69) is 4.98 Å². The number of likely N-dealkylation sites (tertiary alicyclic amines) is 1. The standard InChI is InChI=1S/C11H11F3N2O3S/c1-6-15-7(4-20-6)8(17)16-3-2-10(5-16,9(18)19)11(12,13)14/h4H,2-3,5H2,1H3,(H,18,19). The fourth-order valence-corrected chi connectivity index (χ4v) is 2.72. The Labute approximate surface area is 116 Å². The lowest BCUT2D eigenvalue weighted by molar-refractivity contribution is -0.227. The van der Waals surface area contributed by atoms with Crippen molar-refractivity contribution < 1.29 is 27.9 Å². The zero-order valence-corrected chi connectivity index (χ0v) is 11.2. The lowest BCUT2D eigenvalue weighted by Gasteiger charge is -2.27. The summed E-state index contributed by atoms with van der Waals surface area (Å²) in [5.74, 6) is -2.61. The molecule has 0 radical (unpaired) electrons. The number of alkyl halides is 3. The molecule has 1 fully saturated rings. The van der Waals surface area contributed by atoms with Crippen molar-refractivity contribution in [3.63, 3.8) is 0 Å². The third kappa shape index (κ3) is 2.26. The SMILES string of the molecule is Cc1nc(C(=O)N2CCC(C(=O)O)(C(F)(F)F)C2)cs1. The van der Waals surface area contributed by atoms with Gasteiger partial charge in [0.15, 0.2) is 5.41 Å². The molecule has 1 aromatic rings. The number of carboxylic acids is 1. The molecule has 0 aromatic carbocycles. The maximum Gasteiger partial charge on any atom is 0.406 e. The Balaban J connectivity index is 2.23. The van der Waals surface area contributed by atoms with Crippen molar-refractivity contribution in [3.05, 3.63) is 16.1 Å². The summed E-state index contributed by atoms with van der Waals surface area (Å²) >= 11 is 1.21. The lowest BCUT2D eigenvalue weighted by atomic mass is 9.86. The van der Waals surface area contributed by atoms with Gasteiger partial charge >= 0.3 is 12.1 Å². The molecule has 1 saturated heterocycles. The molecule has 1 unspecified atom stereocenters.